The van der Waals surface area contributed by atoms with Crippen molar-refractivity contribution < 1.29 is 14.6 Å². The molecule has 0 radical (unpaired) electrons. The Hall–Kier alpha value is -0.870. The maximum absolute atomic E-state index is 11.2. The number of esters is 1. The van der Waals surface area contributed by atoms with E-state index in [0.717, 1.165) is 0 Å². The molecule has 0 rings (SSSR count). The number of hydrogen-bond donors (Lipinski definition) is 1. The Kier molecular flexibility index (Phi) is 4.66. The summed E-state index contributed by atoms with van der Waals surface area (Å²) in [6.45, 7) is 6.64. The molecule has 0 aromatic heterocycles. The van der Waals surface area contributed by atoms with Crippen molar-refractivity contribution in [3.05, 3.63) is 12.2 Å². The van der Waals surface area contributed by atoms with E-state index in [1.54, 1.807) is 25.9 Å². The minimum absolute atomic E-state index is 0.0775. The standard InChI is InChI=1S/C9H17NO3/c1-6(7(2)11)9(12)13-8(3)10(4)5/h7-8,11H,1H2,2-5H3. The molecule has 13 heavy (non-hydrogen) atoms. The highest BCUT2D eigenvalue weighted by Crippen LogP contribution is 2.04. The topological polar surface area (TPSA) is 49.8 Å². The van der Waals surface area contributed by atoms with Crippen LogP contribution in [0.15, 0.2) is 12.2 Å². The first-order valence-electron chi connectivity index (χ1n) is 4.10. The minimum Gasteiger partial charge on any atom is -0.443 e. The van der Waals surface area contributed by atoms with Gasteiger partial charge in [-0.3, -0.25) is 4.90 Å². The van der Waals surface area contributed by atoms with Crippen LogP contribution in [0.2, 0.25) is 0 Å². The zero-order chi connectivity index (χ0) is 10.6. The lowest BCUT2D eigenvalue weighted by atomic mass is 10.2. The number of aliphatic hydroxyl groups excluding tert-OH is 1. The van der Waals surface area contributed by atoms with Gasteiger partial charge in [-0.25, -0.2) is 4.79 Å². The summed E-state index contributed by atoms with van der Waals surface area (Å²) in [6, 6.07) is 0. The van der Waals surface area contributed by atoms with E-state index in [0.29, 0.717) is 0 Å². The Balaban J connectivity index is 4.08. The lowest BCUT2D eigenvalue weighted by Gasteiger charge is -2.20. The molecule has 0 aliphatic carbocycles. The second kappa shape index (κ2) is 4.99. The fourth-order valence-corrected chi connectivity index (χ4v) is 0.507. The van der Waals surface area contributed by atoms with Crippen LogP contribution < -0.4 is 0 Å². The molecule has 4 heteroatoms. The summed E-state index contributed by atoms with van der Waals surface area (Å²) in [5.41, 5.74) is 0.0775. The van der Waals surface area contributed by atoms with Crippen LogP contribution in [-0.2, 0) is 9.53 Å². The average molecular weight is 187 g/mol. The third-order valence-electron chi connectivity index (χ3n) is 1.77. The van der Waals surface area contributed by atoms with Crippen LogP contribution >= 0.6 is 0 Å². The van der Waals surface area contributed by atoms with Crippen LogP contribution in [0.3, 0.4) is 0 Å². The maximum atomic E-state index is 11.2. The zero-order valence-corrected chi connectivity index (χ0v) is 8.57. The fourth-order valence-electron chi connectivity index (χ4n) is 0.507. The first-order valence-corrected chi connectivity index (χ1v) is 4.10. The molecule has 0 amide bonds. The summed E-state index contributed by atoms with van der Waals surface area (Å²) in [5, 5.41) is 9.03. The molecule has 0 heterocycles. The van der Waals surface area contributed by atoms with E-state index in [1.165, 1.54) is 6.92 Å². The number of ether oxygens (including phenoxy) is 1. The number of carbonyl (C=O) groups excluding carboxylic acids is 1. The van der Waals surface area contributed by atoms with Crippen molar-refractivity contribution in [1.29, 1.82) is 0 Å². The van der Waals surface area contributed by atoms with Crippen molar-refractivity contribution in [2.24, 2.45) is 0 Å². The number of carbonyl (C=O) groups is 1. The van der Waals surface area contributed by atoms with Gasteiger partial charge in [-0.05, 0) is 27.9 Å². The van der Waals surface area contributed by atoms with Crippen molar-refractivity contribution in [3.8, 4) is 0 Å². The van der Waals surface area contributed by atoms with Crippen LogP contribution in [0.5, 0.6) is 0 Å². The van der Waals surface area contributed by atoms with E-state index in [-0.39, 0.29) is 11.8 Å². The largest absolute Gasteiger partial charge is 0.443 e. The lowest BCUT2D eigenvalue weighted by molar-refractivity contribution is -0.151. The predicted octanol–water partition coefficient (Wildman–Crippen LogP) is 0.374. The van der Waals surface area contributed by atoms with Gasteiger partial charge in [0.25, 0.3) is 0 Å². The Bertz CT molecular complexity index is 199. The Morgan fingerprint density at radius 2 is 1.92 bits per heavy atom. The number of nitrogens with zero attached hydrogens (tertiary/aromatic N) is 1. The van der Waals surface area contributed by atoms with E-state index in [4.69, 9.17) is 9.84 Å². The first kappa shape index (κ1) is 12.1. The van der Waals surface area contributed by atoms with E-state index in [1.807, 2.05) is 0 Å². The van der Waals surface area contributed by atoms with Crippen molar-refractivity contribution in [2.45, 2.75) is 26.2 Å². The van der Waals surface area contributed by atoms with Gasteiger partial charge < -0.3 is 9.84 Å². The third kappa shape index (κ3) is 4.05. The maximum Gasteiger partial charge on any atom is 0.337 e. The normalized spacial score (nSPS) is 15.2. The highest BCUT2D eigenvalue weighted by molar-refractivity contribution is 5.88. The van der Waals surface area contributed by atoms with Crippen LogP contribution in [0, 0.1) is 0 Å². The zero-order valence-electron chi connectivity index (χ0n) is 8.57. The average Bonchev–Trinajstić information content (AvgIpc) is 2.02. The fraction of sp³-hybridized carbons (Fsp3) is 0.667. The van der Waals surface area contributed by atoms with Crippen molar-refractivity contribution >= 4 is 5.97 Å². The Labute approximate surface area is 78.8 Å². The van der Waals surface area contributed by atoms with Gasteiger partial charge in [0.15, 0.2) is 6.23 Å². The van der Waals surface area contributed by atoms with Gasteiger partial charge in [-0.15, -0.1) is 0 Å². The SMILES string of the molecule is C=C(C(=O)OC(C)N(C)C)C(C)O. The molecule has 0 saturated carbocycles. The van der Waals surface area contributed by atoms with Gasteiger partial charge in [0, 0.05) is 0 Å². The summed E-state index contributed by atoms with van der Waals surface area (Å²) in [4.78, 5) is 12.9. The molecule has 2 atom stereocenters. The number of aliphatic hydroxyl groups is 1. The highest BCUT2D eigenvalue weighted by atomic mass is 16.6. The van der Waals surface area contributed by atoms with Crippen LogP contribution in [0.1, 0.15) is 13.8 Å². The summed E-state index contributed by atoms with van der Waals surface area (Å²) in [5.74, 6) is -0.559. The van der Waals surface area contributed by atoms with Gasteiger partial charge in [0.05, 0.1) is 11.7 Å². The molecule has 0 aromatic carbocycles. The quantitative estimate of drug-likeness (QED) is 0.392. The van der Waals surface area contributed by atoms with E-state index < -0.39 is 12.1 Å². The molecular formula is C9H17NO3. The van der Waals surface area contributed by atoms with Crippen molar-refractivity contribution in [1.82, 2.24) is 4.90 Å². The van der Waals surface area contributed by atoms with Gasteiger partial charge in [-0.1, -0.05) is 6.58 Å². The number of hydrogen-bond acceptors (Lipinski definition) is 4. The third-order valence-corrected chi connectivity index (χ3v) is 1.77. The molecule has 0 aliphatic heterocycles. The smallest absolute Gasteiger partial charge is 0.337 e. The lowest BCUT2D eigenvalue weighted by Crippen LogP contribution is -2.31. The number of rotatable bonds is 4. The molecule has 2 unspecified atom stereocenters. The molecule has 0 aliphatic rings. The van der Waals surface area contributed by atoms with E-state index >= 15 is 0 Å². The van der Waals surface area contributed by atoms with Crippen molar-refractivity contribution in [3.63, 3.8) is 0 Å². The first-order chi connectivity index (χ1) is 5.86. The van der Waals surface area contributed by atoms with Crippen LogP contribution in [0.25, 0.3) is 0 Å². The molecule has 1 N–H and O–H groups in total. The Morgan fingerprint density at radius 3 is 2.23 bits per heavy atom. The minimum atomic E-state index is -0.859. The van der Waals surface area contributed by atoms with Crippen LogP contribution in [-0.4, -0.2) is 42.4 Å². The second-order valence-electron chi connectivity index (χ2n) is 3.17. The van der Waals surface area contributed by atoms with E-state index in [2.05, 4.69) is 6.58 Å². The summed E-state index contributed by atoms with van der Waals surface area (Å²) in [6.07, 6.45) is -1.18. The van der Waals surface area contributed by atoms with Gasteiger partial charge in [0.2, 0.25) is 0 Å². The second-order valence-corrected chi connectivity index (χ2v) is 3.17. The molecule has 76 valence electrons. The van der Waals surface area contributed by atoms with E-state index in [9.17, 15) is 4.79 Å². The molecule has 0 spiro atoms. The molecule has 0 aromatic rings. The van der Waals surface area contributed by atoms with Gasteiger partial charge >= 0.3 is 5.97 Å². The molecular weight excluding hydrogens is 170 g/mol. The molecule has 0 fully saturated rings. The molecule has 4 nitrogen and oxygen atoms in total. The van der Waals surface area contributed by atoms with Gasteiger partial charge in [-0.2, -0.15) is 0 Å². The summed E-state index contributed by atoms with van der Waals surface area (Å²) >= 11 is 0. The monoisotopic (exact) mass is 187 g/mol. The summed E-state index contributed by atoms with van der Waals surface area (Å²) in [7, 11) is 3.59. The molecule has 0 saturated heterocycles. The van der Waals surface area contributed by atoms with Crippen molar-refractivity contribution in [2.75, 3.05) is 14.1 Å². The predicted molar refractivity (Wildman–Crippen MR) is 50.1 cm³/mol. The highest BCUT2D eigenvalue weighted by Gasteiger charge is 2.17. The molecule has 0 bridgehead atoms. The van der Waals surface area contributed by atoms with Crippen LogP contribution in [0.4, 0.5) is 0 Å². The van der Waals surface area contributed by atoms with Gasteiger partial charge in [0.1, 0.15) is 0 Å². The Morgan fingerprint density at radius 1 is 1.46 bits per heavy atom. The summed E-state index contributed by atoms with van der Waals surface area (Å²) < 4.78 is 4.96.